The summed E-state index contributed by atoms with van der Waals surface area (Å²) in [5, 5.41) is 6.75. The van der Waals surface area contributed by atoms with Crippen molar-refractivity contribution in [2.24, 2.45) is 0 Å². The molecule has 2 amide bonds. The molecule has 0 radical (unpaired) electrons. The van der Waals surface area contributed by atoms with Crippen molar-refractivity contribution in [1.82, 2.24) is 0 Å². The summed E-state index contributed by atoms with van der Waals surface area (Å²) < 4.78 is 0. The monoisotopic (exact) mass is 380 g/mol. The average Bonchev–Trinajstić information content (AvgIpc) is 2.52. The third-order valence-electron chi connectivity index (χ3n) is 3.51. The first-order valence-electron chi connectivity index (χ1n) is 7.76. The van der Waals surface area contributed by atoms with E-state index in [-0.39, 0.29) is 24.9 Å². The summed E-state index contributed by atoms with van der Waals surface area (Å²) in [4.78, 5) is 24.9. The number of benzene rings is 2. The lowest BCUT2D eigenvalue weighted by atomic mass is 10.2. The molecule has 1 atom stereocenters. The maximum atomic E-state index is 12.1. The van der Waals surface area contributed by atoms with Crippen LogP contribution in [0.4, 0.5) is 11.4 Å². The van der Waals surface area contributed by atoms with Gasteiger partial charge < -0.3 is 15.5 Å². The fourth-order valence-electron chi connectivity index (χ4n) is 2.22. The summed E-state index contributed by atoms with van der Waals surface area (Å²) in [5.41, 5.74) is 2.25. The standard InChI is InChI=1S/C18H19Cl2N3O2/c1-12-3-6-15(9-16(12)20)22-18(25)11-23(2)10-17(24)21-14-7-4-13(19)5-8-14/h3-9H,10-11H2,1-2H3,(H,21,24)(H,22,25)/p+1. The van der Waals surface area contributed by atoms with E-state index < -0.39 is 0 Å². The molecule has 0 aliphatic heterocycles. The van der Waals surface area contributed by atoms with Crippen LogP contribution >= 0.6 is 23.2 Å². The summed E-state index contributed by atoms with van der Waals surface area (Å²) in [6.45, 7) is 2.23. The summed E-state index contributed by atoms with van der Waals surface area (Å²) in [6.07, 6.45) is 0. The molecule has 0 aliphatic carbocycles. The minimum atomic E-state index is -0.184. The van der Waals surface area contributed by atoms with E-state index in [9.17, 15) is 9.59 Å². The second-order valence-corrected chi connectivity index (χ2v) is 6.72. The van der Waals surface area contributed by atoms with E-state index in [4.69, 9.17) is 23.2 Å². The second-order valence-electron chi connectivity index (χ2n) is 5.88. The van der Waals surface area contributed by atoms with Gasteiger partial charge in [-0.1, -0.05) is 29.3 Å². The quantitative estimate of drug-likeness (QED) is 0.720. The van der Waals surface area contributed by atoms with Crippen LogP contribution in [-0.4, -0.2) is 32.0 Å². The van der Waals surface area contributed by atoms with Crippen LogP contribution in [0, 0.1) is 6.92 Å². The number of likely N-dealkylation sites (N-methyl/N-ethyl adjacent to an activating group) is 1. The van der Waals surface area contributed by atoms with Crippen molar-refractivity contribution in [2.45, 2.75) is 6.92 Å². The number of halogens is 2. The zero-order chi connectivity index (χ0) is 18.4. The van der Waals surface area contributed by atoms with Gasteiger partial charge in [0.15, 0.2) is 13.1 Å². The highest BCUT2D eigenvalue weighted by Gasteiger charge is 2.14. The number of amides is 2. The Hall–Kier alpha value is -2.08. The molecule has 2 aromatic carbocycles. The van der Waals surface area contributed by atoms with Gasteiger partial charge in [-0.15, -0.1) is 0 Å². The predicted molar refractivity (Wildman–Crippen MR) is 102 cm³/mol. The molecule has 1 unspecified atom stereocenters. The van der Waals surface area contributed by atoms with Crippen LogP contribution < -0.4 is 15.5 Å². The molecule has 0 fully saturated rings. The van der Waals surface area contributed by atoms with Crippen molar-refractivity contribution in [1.29, 1.82) is 0 Å². The molecule has 5 nitrogen and oxygen atoms in total. The minimum absolute atomic E-state index is 0.166. The highest BCUT2D eigenvalue weighted by atomic mass is 35.5. The molecule has 2 rings (SSSR count). The van der Waals surface area contributed by atoms with E-state index in [0.29, 0.717) is 21.4 Å². The highest BCUT2D eigenvalue weighted by molar-refractivity contribution is 6.31. The molecular formula is C18H20Cl2N3O2+. The fraction of sp³-hybridized carbons (Fsp3) is 0.222. The van der Waals surface area contributed by atoms with Gasteiger partial charge in [0.2, 0.25) is 0 Å². The topological polar surface area (TPSA) is 62.6 Å². The zero-order valence-electron chi connectivity index (χ0n) is 14.0. The number of rotatable bonds is 6. The number of nitrogens with one attached hydrogen (secondary N) is 3. The van der Waals surface area contributed by atoms with Crippen LogP contribution in [0.2, 0.25) is 10.0 Å². The van der Waals surface area contributed by atoms with E-state index >= 15 is 0 Å². The van der Waals surface area contributed by atoms with Gasteiger partial charge in [0.05, 0.1) is 7.05 Å². The average molecular weight is 381 g/mol. The molecule has 0 bridgehead atoms. The van der Waals surface area contributed by atoms with E-state index in [1.165, 1.54) is 0 Å². The van der Waals surface area contributed by atoms with Gasteiger partial charge in [0, 0.05) is 21.4 Å². The summed E-state index contributed by atoms with van der Waals surface area (Å²) in [6, 6.07) is 12.2. The van der Waals surface area contributed by atoms with Gasteiger partial charge in [-0.25, -0.2) is 0 Å². The smallest absolute Gasteiger partial charge is 0.279 e. The van der Waals surface area contributed by atoms with Crippen LogP contribution in [0.3, 0.4) is 0 Å². The fourth-order valence-corrected chi connectivity index (χ4v) is 2.53. The molecule has 0 saturated heterocycles. The van der Waals surface area contributed by atoms with Gasteiger partial charge >= 0.3 is 0 Å². The summed E-state index contributed by atoms with van der Waals surface area (Å²) >= 11 is 11.8. The van der Waals surface area contributed by atoms with Crippen LogP contribution in [-0.2, 0) is 9.59 Å². The molecule has 25 heavy (non-hydrogen) atoms. The Bertz CT molecular complexity index is 763. The first-order chi connectivity index (χ1) is 11.8. The molecule has 0 saturated carbocycles. The number of anilines is 2. The maximum Gasteiger partial charge on any atom is 0.279 e. The van der Waals surface area contributed by atoms with Crippen molar-refractivity contribution in [3.05, 3.63) is 58.1 Å². The van der Waals surface area contributed by atoms with Gasteiger partial charge in [0.25, 0.3) is 11.8 Å². The number of hydrogen-bond donors (Lipinski definition) is 3. The molecular weight excluding hydrogens is 361 g/mol. The minimum Gasteiger partial charge on any atom is -0.322 e. The molecule has 132 valence electrons. The molecule has 7 heteroatoms. The number of quaternary nitrogens is 1. The third kappa shape index (κ3) is 6.38. The van der Waals surface area contributed by atoms with Crippen molar-refractivity contribution in [3.8, 4) is 0 Å². The van der Waals surface area contributed by atoms with E-state index in [0.717, 1.165) is 10.5 Å². The Morgan fingerprint density at radius 1 is 0.920 bits per heavy atom. The highest BCUT2D eigenvalue weighted by Crippen LogP contribution is 2.19. The molecule has 0 aromatic heterocycles. The largest absolute Gasteiger partial charge is 0.322 e. The molecule has 0 spiro atoms. The summed E-state index contributed by atoms with van der Waals surface area (Å²) in [7, 11) is 1.78. The Kier molecular flexibility index (Phi) is 6.82. The van der Waals surface area contributed by atoms with Gasteiger partial charge in [-0.2, -0.15) is 0 Å². The Morgan fingerprint density at radius 2 is 1.44 bits per heavy atom. The molecule has 2 aromatic rings. The molecule has 3 N–H and O–H groups in total. The van der Waals surface area contributed by atoms with Crippen molar-refractivity contribution in [2.75, 3.05) is 30.8 Å². The van der Waals surface area contributed by atoms with Crippen LogP contribution in [0.25, 0.3) is 0 Å². The van der Waals surface area contributed by atoms with Crippen molar-refractivity contribution in [3.63, 3.8) is 0 Å². The number of carbonyl (C=O) groups excluding carboxylic acids is 2. The molecule has 0 heterocycles. The van der Waals surface area contributed by atoms with Crippen molar-refractivity contribution < 1.29 is 14.5 Å². The Labute approximate surface area is 156 Å². The number of hydrogen-bond acceptors (Lipinski definition) is 2. The Morgan fingerprint density at radius 3 is 2.00 bits per heavy atom. The first-order valence-corrected chi connectivity index (χ1v) is 8.52. The van der Waals surface area contributed by atoms with E-state index in [2.05, 4.69) is 10.6 Å². The van der Waals surface area contributed by atoms with Crippen LogP contribution in [0.5, 0.6) is 0 Å². The lowest BCUT2D eigenvalue weighted by Crippen LogP contribution is -3.11. The number of carbonyl (C=O) groups is 2. The van der Waals surface area contributed by atoms with Gasteiger partial charge in [-0.3, -0.25) is 9.59 Å². The van der Waals surface area contributed by atoms with Crippen molar-refractivity contribution >= 4 is 46.4 Å². The Balaban J connectivity index is 1.81. The predicted octanol–water partition coefficient (Wildman–Crippen LogP) is 2.39. The zero-order valence-corrected chi connectivity index (χ0v) is 15.5. The lowest BCUT2D eigenvalue weighted by molar-refractivity contribution is -0.862. The SMILES string of the molecule is Cc1ccc(NC(=O)C[NH+](C)CC(=O)Nc2ccc(Cl)cc2)cc1Cl. The third-order valence-corrected chi connectivity index (χ3v) is 4.17. The van der Waals surface area contributed by atoms with Gasteiger partial charge in [0.1, 0.15) is 0 Å². The van der Waals surface area contributed by atoms with Crippen LogP contribution in [0.1, 0.15) is 5.56 Å². The van der Waals surface area contributed by atoms with Gasteiger partial charge in [-0.05, 0) is 48.9 Å². The van der Waals surface area contributed by atoms with Crippen LogP contribution in [0.15, 0.2) is 42.5 Å². The molecule has 0 aliphatic rings. The normalized spacial score (nSPS) is 11.7. The van der Waals surface area contributed by atoms with E-state index in [1.807, 2.05) is 13.0 Å². The first kappa shape index (κ1) is 19.2. The number of aryl methyl sites for hydroxylation is 1. The maximum absolute atomic E-state index is 12.1. The van der Waals surface area contributed by atoms with E-state index in [1.54, 1.807) is 43.4 Å². The lowest BCUT2D eigenvalue weighted by Gasteiger charge is -2.14. The summed E-state index contributed by atoms with van der Waals surface area (Å²) in [5.74, 6) is -0.359. The second kappa shape index (κ2) is 8.85.